The minimum Gasteiger partial charge on any atom is -0.362 e. The van der Waals surface area contributed by atoms with Crippen molar-refractivity contribution in [1.82, 2.24) is 25.6 Å². The largest absolute Gasteiger partial charge is 0.362 e. The lowest BCUT2D eigenvalue weighted by molar-refractivity contribution is -0.385. The second-order valence-corrected chi connectivity index (χ2v) is 3.29. The first-order valence-electron chi connectivity index (χ1n) is 4.74. The smallest absolute Gasteiger partial charge is 0.277 e. The number of nitrogens with zero attached hydrogens (tertiary/aromatic N) is 5. The average molecular weight is 235 g/mol. The number of aromatic amines is 1. The summed E-state index contributed by atoms with van der Waals surface area (Å²) in [5.41, 5.74) is 0.538. The zero-order valence-electron chi connectivity index (χ0n) is 8.91. The number of aryl methyl sites for hydroxylation is 1. The molecule has 0 atom stereocenters. The summed E-state index contributed by atoms with van der Waals surface area (Å²) in [4.78, 5) is 14.3. The fourth-order valence-electron chi connectivity index (χ4n) is 1.23. The molecule has 2 N–H and O–H groups in total. The number of tetrazole rings is 1. The number of pyridine rings is 1. The van der Waals surface area contributed by atoms with Crippen LogP contribution in [-0.2, 0) is 6.54 Å². The highest BCUT2D eigenvalue weighted by Crippen LogP contribution is 2.19. The summed E-state index contributed by atoms with van der Waals surface area (Å²) in [7, 11) is 0. The van der Waals surface area contributed by atoms with E-state index in [2.05, 4.69) is 30.9 Å². The highest BCUT2D eigenvalue weighted by atomic mass is 16.6. The van der Waals surface area contributed by atoms with E-state index in [4.69, 9.17) is 0 Å². The summed E-state index contributed by atoms with van der Waals surface area (Å²) in [5.74, 6) is 0.849. The van der Waals surface area contributed by atoms with Crippen LogP contribution in [0.15, 0.2) is 12.3 Å². The molecule has 0 aliphatic rings. The molecule has 0 spiro atoms. The van der Waals surface area contributed by atoms with Crippen LogP contribution < -0.4 is 5.32 Å². The van der Waals surface area contributed by atoms with Gasteiger partial charge in [-0.15, -0.1) is 10.2 Å². The van der Waals surface area contributed by atoms with Crippen molar-refractivity contribution in [1.29, 1.82) is 0 Å². The molecule has 0 aromatic carbocycles. The van der Waals surface area contributed by atoms with Gasteiger partial charge in [-0.1, -0.05) is 5.21 Å². The third kappa shape index (κ3) is 2.51. The van der Waals surface area contributed by atoms with Crippen LogP contribution in [0.3, 0.4) is 0 Å². The Morgan fingerprint density at radius 2 is 2.41 bits per heavy atom. The van der Waals surface area contributed by atoms with Crippen molar-refractivity contribution in [3.05, 3.63) is 33.8 Å². The first-order valence-corrected chi connectivity index (χ1v) is 4.74. The van der Waals surface area contributed by atoms with E-state index in [0.29, 0.717) is 23.8 Å². The number of H-pyrrole nitrogens is 1. The maximum atomic E-state index is 10.7. The molecule has 2 aromatic rings. The molecule has 88 valence electrons. The number of rotatable bonds is 4. The van der Waals surface area contributed by atoms with Crippen LogP contribution in [0.1, 0.15) is 11.4 Å². The number of anilines is 1. The van der Waals surface area contributed by atoms with Gasteiger partial charge in [0, 0.05) is 11.8 Å². The van der Waals surface area contributed by atoms with Crippen LogP contribution in [0.5, 0.6) is 0 Å². The first-order chi connectivity index (χ1) is 8.16. The summed E-state index contributed by atoms with van der Waals surface area (Å²) in [5, 5.41) is 26.8. The Labute approximate surface area is 95.4 Å². The molecule has 0 saturated carbocycles. The SMILES string of the molecule is Cc1cnc(NCc2nn[nH]n2)cc1[N+](=O)[O-]. The zero-order valence-corrected chi connectivity index (χ0v) is 8.91. The Morgan fingerprint density at radius 3 is 3.06 bits per heavy atom. The molecular weight excluding hydrogens is 226 g/mol. The van der Waals surface area contributed by atoms with Crippen molar-refractivity contribution in [2.45, 2.75) is 13.5 Å². The third-order valence-electron chi connectivity index (χ3n) is 2.09. The van der Waals surface area contributed by atoms with Gasteiger partial charge in [-0.05, 0) is 6.92 Å². The molecule has 0 saturated heterocycles. The highest BCUT2D eigenvalue weighted by Gasteiger charge is 2.12. The number of nitro groups is 1. The predicted octanol–water partition coefficient (Wildman–Crippen LogP) is 0.423. The fourth-order valence-corrected chi connectivity index (χ4v) is 1.23. The van der Waals surface area contributed by atoms with Crippen LogP contribution in [0, 0.1) is 17.0 Å². The van der Waals surface area contributed by atoms with Crippen molar-refractivity contribution in [3.8, 4) is 0 Å². The summed E-state index contributed by atoms with van der Waals surface area (Å²) < 4.78 is 0. The van der Waals surface area contributed by atoms with Gasteiger partial charge in [-0.3, -0.25) is 10.1 Å². The average Bonchev–Trinajstić information content (AvgIpc) is 2.80. The lowest BCUT2D eigenvalue weighted by atomic mass is 10.2. The van der Waals surface area contributed by atoms with Gasteiger partial charge in [0.1, 0.15) is 5.82 Å². The lowest BCUT2D eigenvalue weighted by Gasteiger charge is -2.03. The predicted molar refractivity (Wildman–Crippen MR) is 57.1 cm³/mol. The Morgan fingerprint density at radius 1 is 1.59 bits per heavy atom. The molecule has 0 radical (unpaired) electrons. The molecule has 0 amide bonds. The van der Waals surface area contributed by atoms with Crippen molar-refractivity contribution in [2.24, 2.45) is 0 Å². The van der Waals surface area contributed by atoms with Gasteiger partial charge in [0.2, 0.25) is 0 Å². The maximum absolute atomic E-state index is 10.7. The van der Waals surface area contributed by atoms with Crippen LogP contribution in [0.2, 0.25) is 0 Å². The van der Waals surface area contributed by atoms with Gasteiger partial charge >= 0.3 is 0 Å². The van der Waals surface area contributed by atoms with E-state index in [0.717, 1.165) is 0 Å². The monoisotopic (exact) mass is 235 g/mol. The topological polar surface area (TPSA) is 123 Å². The molecule has 0 unspecified atom stereocenters. The van der Waals surface area contributed by atoms with Gasteiger partial charge in [-0.2, -0.15) is 5.21 Å². The van der Waals surface area contributed by atoms with E-state index in [1.807, 2.05) is 0 Å². The lowest BCUT2D eigenvalue weighted by Crippen LogP contribution is -2.04. The summed E-state index contributed by atoms with van der Waals surface area (Å²) in [6.45, 7) is 1.93. The number of hydrogen-bond acceptors (Lipinski definition) is 7. The van der Waals surface area contributed by atoms with Gasteiger partial charge in [0.15, 0.2) is 5.82 Å². The van der Waals surface area contributed by atoms with Crippen LogP contribution in [0.4, 0.5) is 11.5 Å². The summed E-state index contributed by atoms with van der Waals surface area (Å²) >= 11 is 0. The second kappa shape index (κ2) is 4.51. The Kier molecular flexibility index (Phi) is 2.90. The van der Waals surface area contributed by atoms with Gasteiger partial charge in [-0.25, -0.2) is 4.98 Å². The maximum Gasteiger partial charge on any atom is 0.277 e. The molecular formula is C8H9N7O2. The number of hydrogen-bond donors (Lipinski definition) is 2. The molecule has 2 rings (SSSR count). The minimum absolute atomic E-state index is 0.0237. The second-order valence-electron chi connectivity index (χ2n) is 3.29. The fraction of sp³-hybridized carbons (Fsp3) is 0.250. The molecule has 2 aromatic heterocycles. The van der Waals surface area contributed by atoms with Gasteiger partial charge in [0.25, 0.3) is 5.69 Å². The molecule has 9 nitrogen and oxygen atoms in total. The minimum atomic E-state index is -0.448. The molecule has 0 aliphatic carbocycles. The molecule has 2 heterocycles. The Hall–Kier alpha value is -2.58. The molecule has 0 aliphatic heterocycles. The standard InChI is InChI=1S/C8H9N7O2/c1-5-3-9-7(2-6(5)15(16)17)10-4-8-11-13-14-12-8/h2-3H,4H2,1H3,(H,9,10)(H,11,12,13,14). The zero-order chi connectivity index (χ0) is 12.3. The summed E-state index contributed by atoms with van der Waals surface area (Å²) in [6, 6.07) is 1.37. The van der Waals surface area contributed by atoms with Crippen molar-refractivity contribution < 1.29 is 4.92 Å². The normalized spacial score (nSPS) is 10.2. The van der Waals surface area contributed by atoms with E-state index < -0.39 is 4.92 Å². The first kappa shape index (κ1) is 10.9. The Balaban J connectivity index is 2.11. The van der Waals surface area contributed by atoms with E-state index in [1.165, 1.54) is 12.3 Å². The number of aromatic nitrogens is 5. The van der Waals surface area contributed by atoms with E-state index in [1.54, 1.807) is 6.92 Å². The van der Waals surface area contributed by atoms with Crippen molar-refractivity contribution in [2.75, 3.05) is 5.32 Å². The number of nitrogens with one attached hydrogen (secondary N) is 2. The van der Waals surface area contributed by atoms with E-state index in [-0.39, 0.29) is 5.69 Å². The van der Waals surface area contributed by atoms with Crippen molar-refractivity contribution in [3.63, 3.8) is 0 Å². The highest BCUT2D eigenvalue weighted by molar-refractivity contribution is 5.48. The van der Waals surface area contributed by atoms with Gasteiger partial charge < -0.3 is 5.32 Å². The molecule has 0 bridgehead atoms. The third-order valence-corrected chi connectivity index (χ3v) is 2.09. The van der Waals surface area contributed by atoms with E-state index in [9.17, 15) is 10.1 Å². The van der Waals surface area contributed by atoms with Gasteiger partial charge in [0.05, 0.1) is 17.5 Å². The van der Waals surface area contributed by atoms with Crippen molar-refractivity contribution >= 4 is 11.5 Å². The quantitative estimate of drug-likeness (QED) is 0.581. The summed E-state index contributed by atoms with van der Waals surface area (Å²) in [6.07, 6.45) is 1.44. The molecule has 9 heteroatoms. The van der Waals surface area contributed by atoms with Crippen LogP contribution >= 0.6 is 0 Å². The van der Waals surface area contributed by atoms with E-state index >= 15 is 0 Å². The molecule has 17 heavy (non-hydrogen) atoms. The Bertz CT molecular complexity index is 525. The molecule has 0 fully saturated rings. The van der Waals surface area contributed by atoms with Crippen LogP contribution in [0.25, 0.3) is 0 Å². The van der Waals surface area contributed by atoms with Crippen LogP contribution in [-0.4, -0.2) is 30.5 Å².